The van der Waals surface area contributed by atoms with Crippen LogP contribution in [0.4, 0.5) is 11.4 Å². The van der Waals surface area contributed by atoms with E-state index in [-0.39, 0.29) is 18.2 Å². The molecule has 4 rings (SSSR count). The van der Waals surface area contributed by atoms with Gasteiger partial charge in [-0.3, -0.25) is 14.5 Å². The third-order valence-corrected chi connectivity index (χ3v) is 6.33. The molecule has 176 valence electrons. The first-order valence-corrected chi connectivity index (χ1v) is 11.4. The Balaban J connectivity index is 1.18. The molecule has 2 saturated heterocycles. The number of ether oxygens (including phenoxy) is 2. The number of benzene rings is 2. The van der Waals surface area contributed by atoms with Crippen LogP contribution in [-0.4, -0.2) is 76.2 Å². The van der Waals surface area contributed by atoms with Crippen molar-refractivity contribution in [3.05, 3.63) is 48.5 Å². The molecule has 2 heterocycles. The first-order chi connectivity index (χ1) is 16.1. The molecule has 8 nitrogen and oxygen atoms in total. The molecule has 2 fully saturated rings. The van der Waals surface area contributed by atoms with Gasteiger partial charge < -0.3 is 19.7 Å². The zero-order valence-electron chi connectivity index (χ0n) is 19.3. The second kappa shape index (κ2) is 10.7. The summed E-state index contributed by atoms with van der Waals surface area (Å²) < 4.78 is 10.4. The number of methoxy groups -OCH3 is 2. The standard InChI is InChI=1S/C25H32N4O4/c1-32-21-8-4-19(5-9-21)28-16-14-27(15-17-28)13-3-12-26-23-18-24(30)29(25(23)31)20-6-10-22(33-2)11-7-20/h4-11,23,26H,3,12-18H2,1-2H3. The van der Waals surface area contributed by atoms with E-state index in [0.29, 0.717) is 18.0 Å². The average Bonchev–Trinajstić information content (AvgIpc) is 3.15. The van der Waals surface area contributed by atoms with E-state index in [1.54, 1.807) is 38.5 Å². The Bertz CT molecular complexity index is 940. The Labute approximate surface area is 195 Å². The second-order valence-corrected chi connectivity index (χ2v) is 8.36. The number of carbonyl (C=O) groups is 2. The molecule has 2 aromatic rings. The number of carbonyl (C=O) groups excluding carboxylic acids is 2. The minimum Gasteiger partial charge on any atom is -0.497 e. The van der Waals surface area contributed by atoms with Crippen LogP contribution in [0.1, 0.15) is 12.8 Å². The van der Waals surface area contributed by atoms with Gasteiger partial charge in [0.15, 0.2) is 0 Å². The van der Waals surface area contributed by atoms with Gasteiger partial charge in [0.05, 0.1) is 32.4 Å². The maximum Gasteiger partial charge on any atom is 0.251 e. The molecular weight excluding hydrogens is 420 g/mol. The highest BCUT2D eigenvalue weighted by molar-refractivity contribution is 6.22. The number of piperazine rings is 1. The molecule has 0 aromatic heterocycles. The molecule has 2 aliphatic heterocycles. The molecule has 8 heteroatoms. The lowest BCUT2D eigenvalue weighted by molar-refractivity contribution is -0.121. The summed E-state index contributed by atoms with van der Waals surface area (Å²) in [5.74, 6) is 1.22. The maximum atomic E-state index is 12.8. The van der Waals surface area contributed by atoms with Crippen LogP contribution >= 0.6 is 0 Å². The number of amides is 2. The molecular formula is C25H32N4O4. The van der Waals surface area contributed by atoms with Crippen molar-refractivity contribution in [2.75, 3.05) is 63.3 Å². The Morgan fingerprint density at radius 1 is 0.848 bits per heavy atom. The van der Waals surface area contributed by atoms with Crippen molar-refractivity contribution in [3.8, 4) is 11.5 Å². The summed E-state index contributed by atoms with van der Waals surface area (Å²) in [4.78, 5) is 31.3. The average molecular weight is 453 g/mol. The van der Waals surface area contributed by atoms with Crippen LogP contribution in [0.5, 0.6) is 11.5 Å². The molecule has 0 spiro atoms. The molecule has 0 saturated carbocycles. The summed E-state index contributed by atoms with van der Waals surface area (Å²) >= 11 is 0. The summed E-state index contributed by atoms with van der Waals surface area (Å²) in [5, 5.41) is 3.28. The molecule has 2 amide bonds. The molecule has 33 heavy (non-hydrogen) atoms. The number of rotatable bonds is 9. The van der Waals surface area contributed by atoms with E-state index in [1.807, 2.05) is 12.1 Å². The lowest BCUT2D eigenvalue weighted by Gasteiger charge is -2.36. The minimum atomic E-state index is -0.452. The van der Waals surface area contributed by atoms with Crippen LogP contribution in [0.15, 0.2) is 48.5 Å². The Morgan fingerprint density at radius 2 is 1.42 bits per heavy atom. The lowest BCUT2D eigenvalue weighted by Crippen LogP contribution is -2.47. The zero-order chi connectivity index (χ0) is 23.2. The van der Waals surface area contributed by atoms with E-state index in [1.165, 1.54) is 10.6 Å². The molecule has 0 bridgehead atoms. The van der Waals surface area contributed by atoms with Crippen LogP contribution in [0.3, 0.4) is 0 Å². The molecule has 1 N–H and O–H groups in total. The lowest BCUT2D eigenvalue weighted by atomic mass is 10.2. The highest BCUT2D eigenvalue weighted by Crippen LogP contribution is 2.25. The van der Waals surface area contributed by atoms with Gasteiger partial charge in [-0.25, -0.2) is 4.90 Å². The topological polar surface area (TPSA) is 74.3 Å². The SMILES string of the molecule is COc1ccc(N2CCN(CCCNC3CC(=O)N(c4ccc(OC)cc4)C3=O)CC2)cc1. The fourth-order valence-electron chi connectivity index (χ4n) is 4.40. The Kier molecular flexibility index (Phi) is 7.47. The third-order valence-electron chi connectivity index (χ3n) is 6.33. The number of nitrogens with zero attached hydrogens (tertiary/aromatic N) is 3. The van der Waals surface area contributed by atoms with Crippen molar-refractivity contribution >= 4 is 23.2 Å². The van der Waals surface area contributed by atoms with Crippen molar-refractivity contribution in [1.82, 2.24) is 10.2 Å². The molecule has 0 radical (unpaired) electrons. The summed E-state index contributed by atoms with van der Waals surface area (Å²) in [6.45, 7) is 5.69. The van der Waals surface area contributed by atoms with Gasteiger partial charge in [-0.1, -0.05) is 0 Å². The third kappa shape index (κ3) is 5.46. The number of hydrogen-bond acceptors (Lipinski definition) is 7. The zero-order valence-corrected chi connectivity index (χ0v) is 19.3. The van der Waals surface area contributed by atoms with E-state index in [9.17, 15) is 9.59 Å². The number of hydrogen-bond donors (Lipinski definition) is 1. The van der Waals surface area contributed by atoms with Crippen molar-refractivity contribution in [2.45, 2.75) is 18.9 Å². The quantitative estimate of drug-likeness (QED) is 0.462. The Morgan fingerprint density at radius 3 is 2.00 bits per heavy atom. The van der Waals surface area contributed by atoms with Gasteiger partial charge in [0.25, 0.3) is 5.91 Å². The molecule has 0 aliphatic carbocycles. The van der Waals surface area contributed by atoms with Gasteiger partial charge in [0.1, 0.15) is 11.5 Å². The van der Waals surface area contributed by atoms with Crippen LogP contribution in [0.25, 0.3) is 0 Å². The van der Waals surface area contributed by atoms with E-state index in [2.05, 4.69) is 27.2 Å². The number of imide groups is 1. The van der Waals surface area contributed by atoms with Gasteiger partial charge in [-0.15, -0.1) is 0 Å². The summed E-state index contributed by atoms with van der Waals surface area (Å²) in [7, 11) is 3.27. The van der Waals surface area contributed by atoms with Crippen LogP contribution in [0.2, 0.25) is 0 Å². The highest BCUT2D eigenvalue weighted by Gasteiger charge is 2.39. The largest absolute Gasteiger partial charge is 0.497 e. The maximum absolute atomic E-state index is 12.8. The van der Waals surface area contributed by atoms with Gasteiger partial charge >= 0.3 is 0 Å². The van der Waals surface area contributed by atoms with Crippen LogP contribution in [0, 0.1) is 0 Å². The molecule has 2 aliphatic rings. The van der Waals surface area contributed by atoms with Gasteiger partial charge in [-0.05, 0) is 68.0 Å². The monoisotopic (exact) mass is 452 g/mol. The fraction of sp³-hybridized carbons (Fsp3) is 0.440. The summed E-state index contributed by atoms with van der Waals surface area (Å²) in [6.07, 6.45) is 1.13. The highest BCUT2D eigenvalue weighted by atomic mass is 16.5. The Hall–Kier alpha value is -3.10. The number of nitrogens with one attached hydrogen (secondary N) is 1. The van der Waals surface area contributed by atoms with Crippen molar-refractivity contribution in [3.63, 3.8) is 0 Å². The van der Waals surface area contributed by atoms with Gasteiger partial charge in [0, 0.05) is 31.9 Å². The van der Waals surface area contributed by atoms with E-state index in [0.717, 1.165) is 44.9 Å². The first kappa shape index (κ1) is 23.1. The van der Waals surface area contributed by atoms with E-state index in [4.69, 9.17) is 9.47 Å². The van der Waals surface area contributed by atoms with Crippen LogP contribution in [-0.2, 0) is 9.59 Å². The van der Waals surface area contributed by atoms with Gasteiger partial charge in [0.2, 0.25) is 5.91 Å². The predicted molar refractivity (Wildman–Crippen MR) is 128 cm³/mol. The predicted octanol–water partition coefficient (Wildman–Crippen LogP) is 2.14. The first-order valence-electron chi connectivity index (χ1n) is 11.4. The van der Waals surface area contributed by atoms with E-state index >= 15 is 0 Å². The second-order valence-electron chi connectivity index (χ2n) is 8.36. The summed E-state index contributed by atoms with van der Waals surface area (Å²) in [6, 6.07) is 14.7. The normalized spacial score (nSPS) is 19.3. The van der Waals surface area contributed by atoms with Crippen molar-refractivity contribution in [2.24, 2.45) is 0 Å². The van der Waals surface area contributed by atoms with Gasteiger partial charge in [-0.2, -0.15) is 0 Å². The van der Waals surface area contributed by atoms with E-state index < -0.39 is 6.04 Å². The molecule has 2 aromatic carbocycles. The molecule has 1 atom stereocenters. The molecule has 1 unspecified atom stereocenters. The minimum absolute atomic E-state index is 0.169. The van der Waals surface area contributed by atoms with Crippen molar-refractivity contribution in [1.29, 1.82) is 0 Å². The van der Waals surface area contributed by atoms with Crippen molar-refractivity contribution < 1.29 is 19.1 Å². The number of anilines is 2. The summed E-state index contributed by atoms with van der Waals surface area (Å²) in [5.41, 5.74) is 1.81. The smallest absolute Gasteiger partial charge is 0.251 e. The fourth-order valence-corrected chi connectivity index (χ4v) is 4.40. The van der Waals surface area contributed by atoms with Crippen LogP contribution < -0.4 is 24.6 Å².